The first kappa shape index (κ1) is 14.8. The van der Waals surface area contributed by atoms with E-state index in [9.17, 15) is 4.79 Å². The first-order chi connectivity index (χ1) is 9.09. The lowest BCUT2D eigenvalue weighted by Crippen LogP contribution is -2.52. The van der Waals surface area contributed by atoms with Crippen LogP contribution in [0.3, 0.4) is 0 Å². The van der Waals surface area contributed by atoms with Gasteiger partial charge < -0.3 is 20.3 Å². The maximum Gasteiger partial charge on any atom is 0.230 e. The first-order valence-corrected chi connectivity index (χ1v) is 7.33. The molecule has 1 unspecified atom stereocenters. The van der Waals surface area contributed by atoms with E-state index in [1.165, 1.54) is 12.8 Å². The zero-order valence-corrected chi connectivity index (χ0v) is 12.2. The lowest BCUT2D eigenvalue weighted by atomic mass is 9.79. The molecule has 0 aromatic carbocycles. The third kappa shape index (κ3) is 3.09. The summed E-state index contributed by atoms with van der Waals surface area (Å²) >= 11 is 0. The number of hydrogen-bond donors (Lipinski definition) is 1. The average Bonchev–Trinajstić information content (AvgIpc) is 2.84. The molecular formula is C14H27N3O2. The molecule has 1 atom stereocenters. The average molecular weight is 269 g/mol. The monoisotopic (exact) mass is 269 g/mol. The predicted molar refractivity (Wildman–Crippen MR) is 74.8 cm³/mol. The minimum absolute atomic E-state index is 0.207. The highest BCUT2D eigenvalue weighted by molar-refractivity contribution is 5.83. The molecule has 0 bridgehead atoms. The third-order valence-corrected chi connectivity index (χ3v) is 4.80. The van der Waals surface area contributed by atoms with Gasteiger partial charge in [0.15, 0.2) is 0 Å². The summed E-state index contributed by atoms with van der Waals surface area (Å²) in [5.41, 5.74) is 5.51. The van der Waals surface area contributed by atoms with Crippen LogP contribution in [-0.4, -0.2) is 68.7 Å². The van der Waals surface area contributed by atoms with Gasteiger partial charge in [-0.1, -0.05) is 0 Å². The fraction of sp³-hybridized carbons (Fsp3) is 0.929. The van der Waals surface area contributed by atoms with Crippen LogP contribution in [0.5, 0.6) is 0 Å². The Morgan fingerprint density at radius 2 is 2.16 bits per heavy atom. The highest BCUT2D eigenvalue weighted by Crippen LogP contribution is 2.31. The molecule has 0 aromatic rings. The molecule has 2 N–H and O–H groups in total. The molecule has 5 nitrogen and oxygen atoms in total. The van der Waals surface area contributed by atoms with Crippen LogP contribution in [0, 0.1) is 5.41 Å². The molecule has 2 fully saturated rings. The maximum absolute atomic E-state index is 12.7. The molecule has 19 heavy (non-hydrogen) atoms. The molecule has 0 saturated carbocycles. The largest absolute Gasteiger partial charge is 0.381 e. The van der Waals surface area contributed by atoms with Crippen LogP contribution in [0.1, 0.15) is 25.7 Å². The van der Waals surface area contributed by atoms with E-state index in [0.717, 1.165) is 25.9 Å². The number of carbonyl (C=O) groups excluding carboxylic acids is 1. The molecule has 2 aliphatic heterocycles. The molecule has 0 aliphatic carbocycles. The van der Waals surface area contributed by atoms with Crippen LogP contribution in [0.4, 0.5) is 0 Å². The van der Waals surface area contributed by atoms with Gasteiger partial charge in [0.25, 0.3) is 0 Å². The third-order valence-electron chi connectivity index (χ3n) is 4.80. The summed E-state index contributed by atoms with van der Waals surface area (Å²) in [7, 11) is 4.06. The van der Waals surface area contributed by atoms with E-state index in [0.29, 0.717) is 25.8 Å². The van der Waals surface area contributed by atoms with Crippen molar-refractivity contribution < 1.29 is 9.53 Å². The van der Waals surface area contributed by atoms with E-state index >= 15 is 0 Å². The SMILES string of the molecule is CN(CC1CCCN1C)C(=O)C1(CN)CCOCC1. The number of nitrogens with two attached hydrogens (primary N) is 1. The quantitative estimate of drug-likeness (QED) is 0.797. The summed E-state index contributed by atoms with van der Waals surface area (Å²) in [5, 5.41) is 0. The Kier molecular flexibility index (Phi) is 4.81. The Labute approximate surface area is 116 Å². The topological polar surface area (TPSA) is 58.8 Å². The standard InChI is InChI=1S/C14H27N3O2/c1-16-7-3-4-12(16)10-17(2)13(18)14(11-15)5-8-19-9-6-14/h12H,3-11,15H2,1-2H3. The number of ether oxygens (including phenoxy) is 1. The molecule has 5 heteroatoms. The van der Waals surface area contributed by atoms with Crippen LogP contribution in [0.2, 0.25) is 0 Å². The van der Waals surface area contributed by atoms with Crippen LogP contribution in [0.25, 0.3) is 0 Å². The normalized spacial score (nSPS) is 27.4. The van der Waals surface area contributed by atoms with Crippen molar-refractivity contribution in [1.29, 1.82) is 0 Å². The maximum atomic E-state index is 12.7. The smallest absolute Gasteiger partial charge is 0.230 e. The lowest BCUT2D eigenvalue weighted by Gasteiger charge is -2.38. The van der Waals surface area contributed by atoms with E-state index in [1.54, 1.807) is 0 Å². The Morgan fingerprint density at radius 1 is 1.47 bits per heavy atom. The Balaban J connectivity index is 1.96. The van der Waals surface area contributed by atoms with Crippen molar-refractivity contribution in [2.45, 2.75) is 31.7 Å². The van der Waals surface area contributed by atoms with Gasteiger partial charge in [0.1, 0.15) is 0 Å². The van der Waals surface area contributed by atoms with Crippen LogP contribution >= 0.6 is 0 Å². The first-order valence-electron chi connectivity index (χ1n) is 7.33. The Morgan fingerprint density at radius 3 is 2.68 bits per heavy atom. The van der Waals surface area contributed by atoms with Gasteiger partial charge in [-0.05, 0) is 39.3 Å². The van der Waals surface area contributed by atoms with E-state index in [4.69, 9.17) is 10.5 Å². The summed E-state index contributed by atoms with van der Waals surface area (Å²) in [6, 6.07) is 0.503. The van der Waals surface area contributed by atoms with E-state index in [1.807, 2.05) is 11.9 Å². The fourth-order valence-electron chi connectivity index (χ4n) is 3.28. The van der Waals surface area contributed by atoms with Gasteiger partial charge >= 0.3 is 0 Å². The zero-order chi connectivity index (χ0) is 13.9. The second-order valence-electron chi connectivity index (χ2n) is 6.06. The number of nitrogens with zero attached hydrogens (tertiary/aromatic N) is 2. The second kappa shape index (κ2) is 6.20. The van der Waals surface area contributed by atoms with Gasteiger partial charge in [0.05, 0.1) is 5.41 Å². The number of carbonyl (C=O) groups is 1. The van der Waals surface area contributed by atoms with Crippen molar-refractivity contribution in [3.05, 3.63) is 0 Å². The zero-order valence-electron chi connectivity index (χ0n) is 12.2. The van der Waals surface area contributed by atoms with Crippen molar-refractivity contribution in [3.8, 4) is 0 Å². The number of likely N-dealkylation sites (tertiary alicyclic amines) is 1. The van der Waals surface area contributed by atoms with Gasteiger partial charge in [-0.2, -0.15) is 0 Å². The van der Waals surface area contributed by atoms with Crippen molar-refractivity contribution in [1.82, 2.24) is 9.80 Å². The van der Waals surface area contributed by atoms with Gasteiger partial charge in [0.2, 0.25) is 5.91 Å². The van der Waals surface area contributed by atoms with E-state index in [2.05, 4.69) is 11.9 Å². The Bertz CT molecular complexity index is 316. The number of likely N-dealkylation sites (N-methyl/N-ethyl adjacent to an activating group) is 2. The van der Waals surface area contributed by atoms with E-state index in [-0.39, 0.29) is 11.3 Å². The van der Waals surface area contributed by atoms with E-state index < -0.39 is 0 Å². The fourth-order valence-corrected chi connectivity index (χ4v) is 3.28. The van der Waals surface area contributed by atoms with Crippen molar-refractivity contribution in [2.24, 2.45) is 11.1 Å². The molecule has 2 aliphatic rings. The van der Waals surface area contributed by atoms with Crippen molar-refractivity contribution in [2.75, 3.05) is 46.9 Å². The predicted octanol–water partition coefficient (Wildman–Crippen LogP) is 0.295. The Hall–Kier alpha value is -0.650. The lowest BCUT2D eigenvalue weighted by molar-refractivity contribution is -0.146. The van der Waals surface area contributed by atoms with Crippen LogP contribution in [0.15, 0.2) is 0 Å². The van der Waals surface area contributed by atoms with Crippen molar-refractivity contribution in [3.63, 3.8) is 0 Å². The second-order valence-corrected chi connectivity index (χ2v) is 6.06. The summed E-state index contributed by atoms with van der Waals surface area (Å²) in [6.45, 7) is 3.70. The van der Waals surface area contributed by atoms with Gasteiger partial charge in [0, 0.05) is 39.4 Å². The van der Waals surface area contributed by atoms with Gasteiger partial charge in [-0.25, -0.2) is 0 Å². The molecule has 0 spiro atoms. The summed E-state index contributed by atoms with van der Waals surface area (Å²) < 4.78 is 5.37. The molecule has 1 amide bonds. The summed E-state index contributed by atoms with van der Waals surface area (Å²) in [6.07, 6.45) is 3.94. The number of rotatable bonds is 4. The summed E-state index contributed by atoms with van der Waals surface area (Å²) in [4.78, 5) is 17.0. The molecule has 0 aromatic heterocycles. The minimum Gasteiger partial charge on any atom is -0.381 e. The highest BCUT2D eigenvalue weighted by Gasteiger charge is 2.41. The molecule has 0 radical (unpaired) electrons. The molecular weight excluding hydrogens is 242 g/mol. The molecule has 110 valence electrons. The number of amides is 1. The van der Waals surface area contributed by atoms with Gasteiger partial charge in [-0.15, -0.1) is 0 Å². The molecule has 2 rings (SSSR count). The molecule has 2 saturated heterocycles. The van der Waals surface area contributed by atoms with Crippen LogP contribution < -0.4 is 5.73 Å². The van der Waals surface area contributed by atoms with Crippen LogP contribution in [-0.2, 0) is 9.53 Å². The molecule has 2 heterocycles. The number of hydrogen-bond acceptors (Lipinski definition) is 4. The van der Waals surface area contributed by atoms with Crippen molar-refractivity contribution >= 4 is 5.91 Å². The summed E-state index contributed by atoms with van der Waals surface area (Å²) in [5.74, 6) is 0.207. The van der Waals surface area contributed by atoms with Gasteiger partial charge in [-0.3, -0.25) is 4.79 Å². The minimum atomic E-state index is -0.385. The highest BCUT2D eigenvalue weighted by atomic mass is 16.5.